The molecule has 0 fully saturated rings. The smallest absolute Gasteiger partial charge is 0.236 e. The Morgan fingerprint density at radius 2 is 2.05 bits per heavy atom. The van der Waals surface area contributed by atoms with Gasteiger partial charge in [0.25, 0.3) is 0 Å². The van der Waals surface area contributed by atoms with E-state index in [1.54, 1.807) is 26.1 Å². The zero-order chi connectivity index (χ0) is 15.1. The van der Waals surface area contributed by atoms with Gasteiger partial charge in [0.1, 0.15) is 5.75 Å². The maximum Gasteiger partial charge on any atom is 0.236 e. The topological polar surface area (TPSA) is 58.8 Å². The highest BCUT2D eigenvalue weighted by Gasteiger charge is 2.12. The third kappa shape index (κ3) is 4.51. The molecule has 0 atom stereocenters. The molecule has 0 aliphatic heterocycles. The van der Waals surface area contributed by atoms with E-state index in [4.69, 9.17) is 10.5 Å². The highest BCUT2D eigenvalue weighted by Crippen LogP contribution is 2.20. The van der Waals surface area contributed by atoms with E-state index >= 15 is 0 Å². The Morgan fingerprint density at radius 3 is 2.55 bits per heavy atom. The van der Waals surface area contributed by atoms with Gasteiger partial charge in [-0.15, -0.1) is 0 Å². The molecule has 0 aromatic heterocycles. The van der Waals surface area contributed by atoms with E-state index in [-0.39, 0.29) is 5.91 Å². The molecule has 1 aromatic carbocycles. The van der Waals surface area contributed by atoms with Gasteiger partial charge >= 0.3 is 0 Å². The molecule has 1 amide bonds. The van der Waals surface area contributed by atoms with Crippen LogP contribution in [-0.2, 0) is 17.9 Å². The van der Waals surface area contributed by atoms with Crippen molar-refractivity contribution in [3.8, 4) is 5.75 Å². The second-order valence-corrected chi connectivity index (χ2v) is 4.94. The normalized spacial score (nSPS) is 10.7. The fourth-order valence-corrected chi connectivity index (χ4v) is 1.96. The molecule has 0 aliphatic rings. The van der Waals surface area contributed by atoms with Crippen LogP contribution < -0.4 is 10.5 Å². The van der Waals surface area contributed by atoms with Gasteiger partial charge in [0.05, 0.1) is 13.7 Å². The number of amides is 1. The predicted octanol–water partition coefficient (Wildman–Crippen LogP) is 1.06. The molecule has 0 spiro atoms. The molecule has 5 nitrogen and oxygen atoms in total. The number of ether oxygens (including phenoxy) is 1. The first-order valence-corrected chi connectivity index (χ1v) is 6.80. The van der Waals surface area contributed by atoms with Crippen LogP contribution in [0.25, 0.3) is 0 Å². The second kappa shape index (κ2) is 7.87. The summed E-state index contributed by atoms with van der Waals surface area (Å²) in [4.78, 5) is 15.5. The van der Waals surface area contributed by atoms with E-state index in [9.17, 15) is 4.79 Å². The zero-order valence-corrected chi connectivity index (χ0v) is 12.8. The summed E-state index contributed by atoms with van der Waals surface area (Å²) in [5.74, 6) is 0.920. The number of methoxy groups -OCH3 is 1. The highest BCUT2D eigenvalue weighted by atomic mass is 16.5. The Hall–Kier alpha value is -1.59. The van der Waals surface area contributed by atoms with Crippen LogP contribution in [0.1, 0.15) is 18.1 Å². The number of carbonyl (C=O) groups is 1. The van der Waals surface area contributed by atoms with Gasteiger partial charge in [0.2, 0.25) is 5.91 Å². The zero-order valence-electron chi connectivity index (χ0n) is 12.8. The van der Waals surface area contributed by atoms with E-state index in [2.05, 4.69) is 11.8 Å². The van der Waals surface area contributed by atoms with Crippen LogP contribution in [0.2, 0.25) is 0 Å². The molecular weight excluding hydrogens is 254 g/mol. The maximum absolute atomic E-state index is 11.8. The monoisotopic (exact) mass is 279 g/mol. The first kappa shape index (κ1) is 16.5. The third-order valence-electron chi connectivity index (χ3n) is 3.28. The Balaban J connectivity index is 2.77. The van der Waals surface area contributed by atoms with Crippen LogP contribution in [-0.4, -0.2) is 50.0 Å². The van der Waals surface area contributed by atoms with Crippen LogP contribution in [0.15, 0.2) is 18.2 Å². The van der Waals surface area contributed by atoms with Gasteiger partial charge in [-0.25, -0.2) is 0 Å². The average Bonchev–Trinajstić information content (AvgIpc) is 2.45. The highest BCUT2D eigenvalue weighted by molar-refractivity contribution is 5.77. The van der Waals surface area contributed by atoms with Crippen molar-refractivity contribution < 1.29 is 9.53 Å². The second-order valence-electron chi connectivity index (χ2n) is 4.94. The molecule has 0 saturated carbocycles. The molecule has 0 bridgehead atoms. The molecule has 1 rings (SSSR count). The molecule has 0 aliphatic carbocycles. The quantitative estimate of drug-likeness (QED) is 0.811. The summed E-state index contributed by atoms with van der Waals surface area (Å²) >= 11 is 0. The van der Waals surface area contributed by atoms with Crippen LogP contribution in [0, 0.1) is 0 Å². The minimum atomic E-state index is 0.111. The number of nitrogens with two attached hydrogens (primary N) is 1. The summed E-state index contributed by atoms with van der Waals surface area (Å²) in [6, 6.07) is 5.99. The standard InChI is InChI=1S/C15H25N3O2/c1-5-18(11-15(19)17(2)3)10-12-6-7-14(20-4)13(8-12)9-16/h6-8H,5,9-11,16H2,1-4H3. The van der Waals surface area contributed by atoms with Crippen molar-refractivity contribution in [3.63, 3.8) is 0 Å². The van der Waals surface area contributed by atoms with E-state index in [0.717, 1.165) is 30.0 Å². The van der Waals surface area contributed by atoms with Crippen molar-refractivity contribution in [1.82, 2.24) is 9.80 Å². The Labute approximate surface area is 121 Å². The summed E-state index contributed by atoms with van der Waals surface area (Å²) in [7, 11) is 5.19. The lowest BCUT2D eigenvalue weighted by Gasteiger charge is -2.22. The number of likely N-dealkylation sites (N-methyl/N-ethyl adjacent to an activating group) is 2. The number of carbonyl (C=O) groups excluding carboxylic acids is 1. The average molecular weight is 279 g/mol. The molecule has 2 N–H and O–H groups in total. The lowest BCUT2D eigenvalue weighted by molar-refractivity contribution is -0.130. The van der Waals surface area contributed by atoms with Crippen molar-refractivity contribution in [1.29, 1.82) is 0 Å². The van der Waals surface area contributed by atoms with Crippen molar-refractivity contribution in [3.05, 3.63) is 29.3 Å². The van der Waals surface area contributed by atoms with Crippen molar-refractivity contribution in [2.45, 2.75) is 20.0 Å². The molecule has 0 saturated heterocycles. The molecule has 20 heavy (non-hydrogen) atoms. The van der Waals surface area contributed by atoms with E-state index in [0.29, 0.717) is 13.1 Å². The van der Waals surface area contributed by atoms with Gasteiger partial charge in [-0.2, -0.15) is 0 Å². The third-order valence-corrected chi connectivity index (χ3v) is 3.28. The SMILES string of the molecule is CCN(CC(=O)N(C)C)Cc1ccc(OC)c(CN)c1. The number of hydrogen-bond acceptors (Lipinski definition) is 4. The van der Waals surface area contributed by atoms with Gasteiger partial charge in [0.15, 0.2) is 0 Å². The molecule has 1 aromatic rings. The van der Waals surface area contributed by atoms with Gasteiger partial charge in [-0.05, 0) is 24.2 Å². The molecule has 5 heteroatoms. The summed E-state index contributed by atoms with van der Waals surface area (Å²) in [6.45, 7) is 4.47. The van der Waals surface area contributed by atoms with Crippen molar-refractivity contribution >= 4 is 5.91 Å². The Morgan fingerprint density at radius 1 is 1.35 bits per heavy atom. The largest absolute Gasteiger partial charge is 0.496 e. The minimum absolute atomic E-state index is 0.111. The van der Waals surface area contributed by atoms with Gasteiger partial charge in [0, 0.05) is 32.7 Å². The lowest BCUT2D eigenvalue weighted by atomic mass is 10.1. The fraction of sp³-hybridized carbons (Fsp3) is 0.533. The van der Waals surface area contributed by atoms with Crippen LogP contribution in [0.3, 0.4) is 0 Å². The predicted molar refractivity (Wildman–Crippen MR) is 80.5 cm³/mol. The van der Waals surface area contributed by atoms with Gasteiger partial charge in [-0.1, -0.05) is 13.0 Å². The van der Waals surface area contributed by atoms with Crippen molar-refractivity contribution in [2.24, 2.45) is 5.73 Å². The van der Waals surface area contributed by atoms with E-state index in [1.165, 1.54) is 0 Å². The fourth-order valence-electron chi connectivity index (χ4n) is 1.96. The van der Waals surface area contributed by atoms with Gasteiger partial charge in [-0.3, -0.25) is 9.69 Å². The summed E-state index contributed by atoms with van der Waals surface area (Å²) < 4.78 is 5.26. The van der Waals surface area contributed by atoms with Crippen LogP contribution >= 0.6 is 0 Å². The van der Waals surface area contributed by atoms with E-state index < -0.39 is 0 Å². The first-order chi connectivity index (χ1) is 9.51. The summed E-state index contributed by atoms with van der Waals surface area (Å²) in [5, 5.41) is 0. The molecule has 0 radical (unpaired) electrons. The van der Waals surface area contributed by atoms with Gasteiger partial charge < -0.3 is 15.4 Å². The summed E-state index contributed by atoms with van der Waals surface area (Å²) in [5.41, 5.74) is 7.85. The van der Waals surface area contributed by atoms with Crippen molar-refractivity contribution in [2.75, 3.05) is 34.3 Å². The lowest BCUT2D eigenvalue weighted by Crippen LogP contribution is -2.36. The Bertz CT molecular complexity index is 447. The number of hydrogen-bond donors (Lipinski definition) is 1. The minimum Gasteiger partial charge on any atom is -0.496 e. The summed E-state index contributed by atoms with van der Waals surface area (Å²) in [6.07, 6.45) is 0. The van der Waals surface area contributed by atoms with Crippen LogP contribution in [0.5, 0.6) is 5.75 Å². The Kier molecular flexibility index (Phi) is 6.48. The maximum atomic E-state index is 11.8. The van der Waals surface area contributed by atoms with E-state index in [1.807, 2.05) is 18.2 Å². The molecular formula is C15H25N3O2. The molecule has 0 unspecified atom stereocenters. The number of benzene rings is 1. The number of nitrogens with zero attached hydrogens (tertiary/aromatic N) is 2. The first-order valence-electron chi connectivity index (χ1n) is 6.80. The van der Waals surface area contributed by atoms with Crippen LogP contribution in [0.4, 0.5) is 0 Å². The number of rotatable bonds is 7. The molecule has 112 valence electrons. The molecule has 0 heterocycles.